The van der Waals surface area contributed by atoms with Gasteiger partial charge in [-0.1, -0.05) is 29.3 Å². The zero-order valence-electron chi connectivity index (χ0n) is 16.3. The van der Waals surface area contributed by atoms with E-state index in [0.717, 1.165) is 16.5 Å². The zero-order chi connectivity index (χ0) is 20.6. The van der Waals surface area contributed by atoms with E-state index in [4.69, 9.17) is 42.1 Å². The fraction of sp³-hybridized carbons (Fsp3) is 0.429. The maximum absolute atomic E-state index is 6.54. The van der Waals surface area contributed by atoms with Crippen LogP contribution in [-0.4, -0.2) is 38.6 Å². The average molecular weight is 448 g/mol. The van der Waals surface area contributed by atoms with E-state index in [-0.39, 0.29) is 24.4 Å². The third kappa shape index (κ3) is 2.81. The van der Waals surface area contributed by atoms with Gasteiger partial charge in [0.2, 0.25) is 0 Å². The molecule has 5 heterocycles. The van der Waals surface area contributed by atoms with Crippen molar-refractivity contribution in [3.05, 3.63) is 58.1 Å². The first-order chi connectivity index (χ1) is 14.4. The molecule has 9 heteroatoms. The van der Waals surface area contributed by atoms with Crippen LogP contribution in [0, 0.1) is 0 Å². The first-order valence-electron chi connectivity index (χ1n) is 9.79. The summed E-state index contributed by atoms with van der Waals surface area (Å²) >= 11 is 12.4. The van der Waals surface area contributed by atoms with Crippen LogP contribution in [-0.2, 0) is 25.6 Å². The average Bonchev–Trinajstić information content (AvgIpc) is 3.43. The van der Waals surface area contributed by atoms with Gasteiger partial charge in [-0.2, -0.15) is 0 Å². The van der Waals surface area contributed by atoms with E-state index in [1.54, 1.807) is 0 Å². The van der Waals surface area contributed by atoms with Crippen molar-refractivity contribution < 1.29 is 18.9 Å². The Kier molecular flexibility index (Phi) is 4.19. The topological polar surface area (TPSA) is 67.6 Å². The van der Waals surface area contributed by atoms with Crippen molar-refractivity contribution in [3.63, 3.8) is 0 Å². The van der Waals surface area contributed by atoms with Crippen LogP contribution in [0.3, 0.4) is 0 Å². The maximum atomic E-state index is 6.54. The minimum absolute atomic E-state index is 0.271. The summed E-state index contributed by atoms with van der Waals surface area (Å²) in [6, 6.07) is 7.70. The number of fused-ring (bicyclic) bond motifs is 3. The molecule has 0 amide bonds. The van der Waals surface area contributed by atoms with E-state index >= 15 is 0 Å². The molecule has 2 fully saturated rings. The highest BCUT2D eigenvalue weighted by Crippen LogP contribution is 2.49. The number of halogens is 2. The highest BCUT2D eigenvalue weighted by atomic mass is 35.5. The highest BCUT2D eigenvalue weighted by molar-refractivity contribution is 6.33. The van der Waals surface area contributed by atoms with Crippen molar-refractivity contribution >= 4 is 34.2 Å². The largest absolute Gasteiger partial charge is 0.366 e. The Bertz CT molecular complexity index is 1150. The van der Waals surface area contributed by atoms with E-state index in [0.29, 0.717) is 22.4 Å². The monoisotopic (exact) mass is 447 g/mol. The van der Waals surface area contributed by atoms with Gasteiger partial charge in [-0.25, -0.2) is 9.97 Å². The lowest BCUT2D eigenvalue weighted by Crippen LogP contribution is -2.34. The van der Waals surface area contributed by atoms with Crippen molar-refractivity contribution in [2.24, 2.45) is 0 Å². The Balaban J connectivity index is 1.41. The molecule has 0 N–H and O–H groups in total. The summed E-state index contributed by atoms with van der Waals surface area (Å²) in [4.78, 5) is 8.47. The van der Waals surface area contributed by atoms with Crippen molar-refractivity contribution in [3.8, 4) is 0 Å². The summed E-state index contributed by atoms with van der Waals surface area (Å²) in [6.07, 6.45) is 1.66. The lowest BCUT2D eigenvalue weighted by Gasteiger charge is -2.27. The number of ether oxygens (including phenoxy) is 4. The van der Waals surface area contributed by atoms with E-state index < -0.39 is 12.0 Å². The van der Waals surface area contributed by atoms with Crippen LogP contribution in [0.2, 0.25) is 10.2 Å². The van der Waals surface area contributed by atoms with Crippen LogP contribution < -0.4 is 0 Å². The molecule has 0 radical (unpaired) electrons. The number of hydrogen-bond acceptors (Lipinski definition) is 6. The van der Waals surface area contributed by atoms with Gasteiger partial charge in [0, 0.05) is 11.2 Å². The molecule has 7 nitrogen and oxygen atoms in total. The Hall–Kier alpha value is -1.74. The van der Waals surface area contributed by atoms with Gasteiger partial charge < -0.3 is 23.5 Å². The number of benzene rings is 1. The van der Waals surface area contributed by atoms with Gasteiger partial charge in [-0.05, 0) is 43.2 Å². The maximum Gasteiger partial charge on any atom is 0.164 e. The van der Waals surface area contributed by atoms with Gasteiger partial charge in [0.05, 0.1) is 12.0 Å². The molecule has 3 aliphatic rings. The normalized spacial score (nSPS) is 31.9. The molecule has 0 saturated carbocycles. The summed E-state index contributed by atoms with van der Waals surface area (Å²) in [6.45, 7) is 4.31. The summed E-state index contributed by atoms with van der Waals surface area (Å²) in [7, 11) is 0. The highest BCUT2D eigenvalue weighted by Gasteiger charge is 2.59. The second-order valence-corrected chi connectivity index (χ2v) is 9.05. The van der Waals surface area contributed by atoms with E-state index in [2.05, 4.69) is 9.97 Å². The number of hydrogen-bond donors (Lipinski definition) is 0. The predicted molar refractivity (Wildman–Crippen MR) is 109 cm³/mol. The minimum atomic E-state index is -0.730. The Morgan fingerprint density at radius 1 is 1.07 bits per heavy atom. The van der Waals surface area contributed by atoms with Gasteiger partial charge in [0.15, 0.2) is 12.0 Å². The molecule has 0 bridgehead atoms. The van der Waals surface area contributed by atoms with Gasteiger partial charge in [-0.15, -0.1) is 0 Å². The molecule has 2 aromatic heterocycles. The number of nitrogens with zero attached hydrogens (tertiary/aromatic N) is 3. The number of aromatic nitrogens is 3. The lowest BCUT2D eigenvalue weighted by atomic mass is 9.97. The third-order valence-electron chi connectivity index (χ3n) is 5.93. The molecule has 30 heavy (non-hydrogen) atoms. The second kappa shape index (κ2) is 6.63. The smallest absolute Gasteiger partial charge is 0.164 e. The van der Waals surface area contributed by atoms with Gasteiger partial charge in [-0.3, -0.25) is 0 Å². The molecule has 5 atom stereocenters. The van der Waals surface area contributed by atoms with Gasteiger partial charge >= 0.3 is 0 Å². The summed E-state index contributed by atoms with van der Waals surface area (Å²) in [5.74, 6) is -0.730. The van der Waals surface area contributed by atoms with Gasteiger partial charge in [0.25, 0.3) is 0 Å². The summed E-state index contributed by atoms with van der Waals surface area (Å²) < 4.78 is 27.1. The Morgan fingerprint density at radius 3 is 2.77 bits per heavy atom. The van der Waals surface area contributed by atoms with Crippen LogP contribution in [0.4, 0.5) is 0 Å². The molecule has 3 aromatic rings. The lowest BCUT2D eigenvalue weighted by molar-refractivity contribution is -0.210. The molecular weight excluding hydrogens is 429 g/mol. The Morgan fingerprint density at radius 2 is 1.90 bits per heavy atom. The van der Waals surface area contributed by atoms with Crippen LogP contribution in [0.5, 0.6) is 0 Å². The summed E-state index contributed by atoms with van der Waals surface area (Å²) in [5, 5.41) is 1.86. The molecular formula is C21H19Cl2N3O4. The van der Waals surface area contributed by atoms with Crippen LogP contribution in [0.25, 0.3) is 11.0 Å². The standard InChI is InChI=1S/C21H19Cl2N3O4/c1-21(2)29-16-15(14-12-4-3-11(22)7-10(12)8-27-14)28-20(17(16)30-21)26-6-5-13-18(23)24-9-25-19(13)26/h3-7,9,14-17,20H,8H2,1-2H3/t14-,15?,16+,17+,20+/m0/s1. The second-order valence-electron chi connectivity index (χ2n) is 8.26. The molecule has 0 aliphatic carbocycles. The predicted octanol–water partition coefficient (Wildman–Crippen LogP) is 4.43. The fourth-order valence-electron chi connectivity index (χ4n) is 4.74. The van der Waals surface area contributed by atoms with Crippen molar-refractivity contribution in [1.82, 2.24) is 14.5 Å². The third-order valence-corrected chi connectivity index (χ3v) is 6.46. The molecule has 2 saturated heterocycles. The van der Waals surface area contributed by atoms with Crippen LogP contribution in [0.15, 0.2) is 36.8 Å². The molecule has 1 aromatic carbocycles. The zero-order valence-corrected chi connectivity index (χ0v) is 17.8. The SMILES string of the molecule is CC1(C)O[C@@H]2[C@H](O1)C([C@H]1OCc3cc(Cl)ccc31)O[C@H]2n1ccc2c(Cl)ncnc21. The Labute approximate surface area is 182 Å². The number of rotatable bonds is 2. The van der Waals surface area contributed by atoms with Crippen molar-refractivity contribution in [2.75, 3.05) is 0 Å². The van der Waals surface area contributed by atoms with E-state index in [9.17, 15) is 0 Å². The van der Waals surface area contributed by atoms with E-state index in [1.807, 2.05) is 48.9 Å². The summed E-state index contributed by atoms with van der Waals surface area (Å²) in [5.41, 5.74) is 2.83. The molecule has 0 spiro atoms. The first-order valence-corrected chi connectivity index (χ1v) is 10.5. The molecule has 156 valence electrons. The quantitative estimate of drug-likeness (QED) is 0.541. The van der Waals surface area contributed by atoms with E-state index in [1.165, 1.54) is 6.33 Å². The fourth-order valence-corrected chi connectivity index (χ4v) is 5.12. The molecule has 6 rings (SSSR count). The van der Waals surface area contributed by atoms with Crippen LogP contribution >= 0.6 is 23.2 Å². The molecule has 1 unspecified atom stereocenters. The van der Waals surface area contributed by atoms with Crippen molar-refractivity contribution in [2.45, 2.75) is 56.9 Å². The van der Waals surface area contributed by atoms with Gasteiger partial charge in [0.1, 0.15) is 41.5 Å². The van der Waals surface area contributed by atoms with Crippen LogP contribution in [0.1, 0.15) is 37.3 Å². The van der Waals surface area contributed by atoms with Crippen molar-refractivity contribution in [1.29, 1.82) is 0 Å². The molecule has 3 aliphatic heterocycles. The minimum Gasteiger partial charge on any atom is -0.366 e. The first kappa shape index (κ1) is 19.0.